The fourth-order valence-corrected chi connectivity index (χ4v) is 5.62. The van der Waals surface area contributed by atoms with Gasteiger partial charge in [-0.1, -0.05) is 24.3 Å². The van der Waals surface area contributed by atoms with Crippen molar-refractivity contribution in [3.8, 4) is 17.1 Å². The van der Waals surface area contributed by atoms with Gasteiger partial charge >= 0.3 is 12.2 Å². The van der Waals surface area contributed by atoms with Crippen LogP contribution < -0.4 is 10.2 Å². The van der Waals surface area contributed by atoms with Crippen molar-refractivity contribution in [3.05, 3.63) is 60.7 Å². The van der Waals surface area contributed by atoms with Crippen molar-refractivity contribution in [2.75, 3.05) is 30.4 Å². The van der Waals surface area contributed by atoms with Gasteiger partial charge in [0.1, 0.15) is 16.9 Å². The summed E-state index contributed by atoms with van der Waals surface area (Å²) in [5.74, 6) is -0.0892. The summed E-state index contributed by atoms with van der Waals surface area (Å²) in [5, 5.41) is 8.74. The number of anilines is 2. The third-order valence-corrected chi connectivity index (χ3v) is 7.75. The molecule has 13 heteroatoms. The molecule has 0 saturated carbocycles. The Hall–Kier alpha value is -4.52. The number of amides is 2. The van der Waals surface area contributed by atoms with E-state index in [0.717, 1.165) is 30.5 Å². The van der Waals surface area contributed by atoms with E-state index in [0.29, 0.717) is 21.7 Å². The molecule has 1 fully saturated rings. The molecule has 1 atom stereocenters. The number of ether oxygens (including phenoxy) is 2. The largest absolute Gasteiger partial charge is 0.443 e. The van der Waals surface area contributed by atoms with Crippen LogP contribution in [0, 0.1) is 0 Å². The Bertz CT molecular complexity index is 1720. The Labute approximate surface area is 278 Å². The number of nitrogens with zero attached hydrogens (tertiary/aromatic N) is 5. The number of aromatic nitrogens is 3. The average Bonchev–Trinajstić information content (AvgIpc) is 3.59. The highest BCUT2D eigenvalue weighted by atomic mass is 19.3. The fraction of sp³-hybridized carbons (Fsp3) is 0.457. The van der Waals surface area contributed by atoms with Crippen molar-refractivity contribution >= 4 is 34.6 Å². The molecule has 1 saturated heterocycles. The van der Waals surface area contributed by atoms with Crippen LogP contribution in [0.1, 0.15) is 60.7 Å². The summed E-state index contributed by atoms with van der Waals surface area (Å²) < 4.78 is 57.3. The van der Waals surface area contributed by atoms with Gasteiger partial charge in [0, 0.05) is 23.2 Å². The summed E-state index contributed by atoms with van der Waals surface area (Å²) in [5.41, 5.74) is -0.553. The van der Waals surface area contributed by atoms with Crippen LogP contribution >= 0.6 is 0 Å². The van der Waals surface area contributed by atoms with E-state index in [9.17, 15) is 18.4 Å². The lowest BCUT2D eigenvalue weighted by atomic mass is 10.0. The van der Waals surface area contributed by atoms with Crippen LogP contribution in [0.5, 0.6) is 0 Å². The van der Waals surface area contributed by atoms with Crippen molar-refractivity contribution in [1.29, 1.82) is 0 Å². The van der Waals surface area contributed by atoms with Gasteiger partial charge < -0.3 is 24.3 Å². The first-order valence-corrected chi connectivity index (χ1v) is 16.0. The summed E-state index contributed by atoms with van der Waals surface area (Å²) in [6.45, 7) is 11.7. The van der Waals surface area contributed by atoms with Gasteiger partial charge in [-0.3, -0.25) is 0 Å². The monoisotopic (exact) mass is 668 g/mol. The lowest BCUT2D eigenvalue weighted by Gasteiger charge is -2.30. The first-order chi connectivity index (χ1) is 22.5. The molecule has 48 heavy (non-hydrogen) atoms. The summed E-state index contributed by atoms with van der Waals surface area (Å²) in [4.78, 5) is 30.3. The lowest BCUT2D eigenvalue weighted by molar-refractivity contribution is 0.0115. The minimum atomic E-state index is -3.35. The Balaban J connectivity index is 1.71. The predicted molar refractivity (Wildman–Crippen MR) is 180 cm³/mol. The molecule has 4 aromatic rings. The quantitative estimate of drug-likeness (QED) is 0.211. The standard InChI is InChI=1S/C35H43F3N6O4/c1-34(2,3)47-32(45)43(33(46)48-35(4,5)6)29-21-26(40-44(29)23-12-9-8-10-13-23)28-20-24-25(39-22-16-18-41(7)19-17-22)14-11-15-27(24)42(28)31(38)30(36)37/h8-15,20-22,30-31,39H,16-19H2,1-7H3. The Morgan fingerprint density at radius 1 is 0.896 bits per heavy atom. The Morgan fingerprint density at radius 2 is 1.50 bits per heavy atom. The second-order valence-electron chi connectivity index (χ2n) is 14.0. The van der Waals surface area contributed by atoms with E-state index in [1.807, 2.05) is 6.07 Å². The second kappa shape index (κ2) is 13.5. The van der Waals surface area contributed by atoms with Gasteiger partial charge in [0.25, 0.3) is 6.43 Å². The van der Waals surface area contributed by atoms with E-state index in [4.69, 9.17) is 9.47 Å². The molecule has 0 bridgehead atoms. The number of alkyl halides is 3. The van der Waals surface area contributed by atoms with Crippen LogP contribution in [0.25, 0.3) is 28.0 Å². The molecule has 0 spiro atoms. The maximum Gasteiger partial charge on any atom is 0.425 e. The molecule has 1 N–H and O–H groups in total. The van der Waals surface area contributed by atoms with Gasteiger partial charge in [0.15, 0.2) is 5.82 Å². The van der Waals surface area contributed by atoms with Crippen LogP contribution in [0.4, 0.5) is 34.3 Å². The van der Waals surface area contributed by atoms with E-state index < -0.39 is 36.1 Å². The molecular formula is C35H43F3N6O4. The van der Waals surface area contributed by atoms with Crippen LogP contribution in [0.2, 0.25) is 0 Å². The van der Waals surface area contributed by atoms with Crippen molar-refractivity contribution in [2.24, 2.45) is 0 Å². The van der Waals surface area contributed by atoms with Gasteiger partial charge in [-0.05, 0) is 105 Å². The van der Waals surface area contributed by atoms with Gasteiger partial charge in [0.05, 0.1) is 16.9 Å². The van der Waals surface area contributed by atoms with Gasteiger partial charge in [0.2, 0.25) is 6.30 Å². The zero-order valence-corrected chi connectivity index (χ0v) is 28.3. The molecule has 2 amide bonds. The van der Waals surface area contributed by atoms with E-state index in [2.05, 4.69) is 22.4 Å². The number of hydrogen-bond acceptors (Lipinski definition) is 7. The number of halogens is 3. The fourth-order valence-electron chi connectivity index (χ4n) is 5.62. The highest BCUT2D eigenvalue weighted by molar-refractivity contribution is 6.09. The van der Waals surface area contributed by atoms with Gasteiger partial charge in [-0.2, -0.15) is 10.00 Å². The molecule has 0 aliphatic carbocycles. The van der Waals surface area contributed by atoms with E-state index >= 15 is 4.39 Å². The number of likely N-dealkylation sites (tertiary alicyclic amines) is 1. The maximum absolute atomic E-state index is 15.6. The number of rotatable bonds is 7. The summed E-state index contributed by atoms with van der Waals surface area (Å²) >= 11 is 0. The number of imide groups is 1. The number of para-hydroxylation sites is 1. The Morgan fingerprint density at radius 3 is 2.06 bits per heavy atom. The molecule has 0 radical (unpaired) electrons. The average molecular weight is 669 g/mol. The molecule has 2 aromatic heterocycles. The van der Waals surface area contributed by atoms with Gasteiger partial charge in [-0.15, -0.1) is 0 Å². The first kappa shape index (κ1) is 34.8. The van der Waals surface area contributed by atoms with Crippen LogP contribution in [-0.2, 0) is 9.47 Å². The topological polar surface area (TPSA) is 93.9 Å². The molecule has 1 unspecified atom stereocenters. The normalized spacial score (nSPS) is 15.5. The van der Waals surface area contributed by atoms with E-state index in [1.54, 1.807) is 90.1 Å². The Kier molecular flexibility index (Phi) is 9.82. The van der Waals surface area contributed by atoms with Crippen molar-refractivity contribution < 1.29 is 32.2 Å². The molecule has 5 rings (SSSR count). The third kappa shape index (κ3) is 7.78. The van der Waals surface area contributed by atoms with Crippen LogP contribution in [0.15, 0.2) is 60.7 Å². The van der Waals surface area contributed by atoms with Crippen LogP contribution in [0.3, 0.4) is 0 Å². The highest BCUT2D eigenvalue weighted by Gasteiger charge is 2.37. The number of piperidine rings is 1. The molecule has 3 heterocycles. The van der Waals surface area contributed by atoms with Crippen molar-refractivity contribution in [2.45, 2.75) is 84.3 Å². The molecule has 10 nitrogen and oxygen atoms in total. The molecule has 1 aliphatic rings. The summed E-state index contributed by atoms with van der Waals surface area (Å²) in [6, 6.07) is 16.9. The zero-order valence-electron chi connectivity index (χ0n) is 28.3. The number of benzene rings is 2. The van der Waals surface area contributed by atoms with E-state index in [-0.39, 0.29) is 28.8 Å². The summed E-state index contributed by atoms with van der Waals surface area (Å²) in [7, 11) is 2.06. The first-order valence-electron chi connectivity index (χ1n) is 16.0. The number of hydrogen-bond donors (Lipinski definition) is 1. The highest BCUT2D eigenvalue weighted by Crippen LogP contribution is 2.39. The van der Waals surface area contributed by atoms with E-state index in [1.165, 1.54) is 10.7 Å². The second-order valence-corrected chi connectivity index (χ2v) is 14.0. The zero-order chi connectivity index (χ0) is 35.0. The third-order valence-electron chi connectivity index (χ3n) is 7.75. The molecule has 1 aliphatic heterocycles. The van der Waals surface area contributed by atoms with Crippen molar-refractivity contribution in [3.63, 3.8) is 0 Å². The maximum atomic E-state index is 15.6. The SMILES string of the molecule is CN1CCC(Nc2cccc3c2cc(-c2cc(N(C(=O)OC(C)(C)C)C(=O)OC(C)(C)C)n(-c4ccccc4)n2)n3C(F)C(F)F)CC1. The lowest BCUT2D eigenvalue weighted by Crippen LogP contribution is -2.44. The molecule has 258 valence electrons. The number of fused-ring (bicyclic) bond motifs is 1. The minimum absolute atomic E-state index is 0.0275. The number of carbonyl (C=O) groups excluding carboxylic acids is 2. The summed E-state index contributed by atoms with van der Waals surface area (Å²) in [6.07, 6.45) is -6.36. The molecular weight excluding hydrogens is 625 g/mol. The minimum Gasteiger partial charge on any atom is -0.443 e. The van der Waals surface area contributed by atoms with Crippen molar-refractivity contribution in [1.82, 2.24) is 19.2 Å². The van der Waals surface area contributed by atoms with Gasteiger partial charge in [-0.25, -0.2) is 27.4 Å². The number of nitrogens with one attached hydrogen (secondary N) is 1. The molecule has 2 aromatic carbocycles. The van der Waals surface area contributed by atoms with Crippen LogP contribution in [-0.4, -0.2) is 75.2 Å². The smallest absolute Gasteiger partial charge is 0.425 e. The predicted octanol–water partition coefficient (Wildman–Crippen LogP) is 8.41. The number of carbonyl (C=O) groups is 2.